The Kier molecular flexibility index (Phi) is 5.10. The molecule has 102 valence electrons. The van der Waals surface area contributed by atoms with Crippen LogP contribution in [0.4, 0.5) is 17.6 Å². The molecule has 0 saturated heterocycles. The van der Waals surface area contributed by atoms with Crippen molar-refractivity contribution in [2.24, 2.45) is 5.84 Å². The van der Waals surface area contributed by atoms with Crippen molar-refractivity contribution in [3.63, 3.8) is 0 Å². The number of nitrogens with two attached hydrogens (primary N) is 1. The molecule has 0 bridgehead atoms. The molecule has 0 saturated carbocycles. The van der Waals surface area contributed by atoms with Crippen molar-refractivity contribution < 1.29 is 17.6 Å². The van der Waals surface area contributed by atoms with Crippen molar-refractivity contribution in [1.29, 1.82) is 0 Å². The van der Waals surface area contributed by atoms with Crippen LogP contribution >= 0.6 is 0 Å². The highest BCUT2D eigenvalue weighted by molar-refractivity contribution is 5.30. The third-order valence-electron chi connectivity index (χ3n) is 2.76. The van der Waals surface area contributed by atoms with E-state index in [1.54, 1.807) is 0 Å². The Labute approximate surface area is 103 Å². The first kappa shape index (κ1) is 14.9. The van der Waals surface area contributed by atoms with Crippen LogP contribution in [0.15, 0.2) is 18.2 Å². The van der Waals surface area contributed by atoms with Gasteiger partial charge in [0.25, 0.3) is 0 Å². The van der Waals surface area contributed by atoms with Gasteiger partial charge in [0.15, 0.2) is 0 Å². The van der Waals surface area contributed by atoms with Gasteiger partial charge in [0, 0.05) is 11.6 Å². The van der Waals surface area contributed by atoms with E-state index >= 15 is 0 Å². The molecule has 0 aromatic heterocycles. The normalized spacial score (nSPS) is 13.7. The van der Waals surface area contributed by atoms with Crippen LogP contribution in [0.1, 0.15) is 43.4 Å². The molecular formula is C12H16F4N2. The van der Waals surface area contributed by atoms with Crippen LogP contribution in [-0.2, 0) is 6.18 Å². The summed E-state index contributed by atoms with van der Waals surface area (Å²) in [7, 11) is 0. The van der Waals surface area contributed by atoms with E-state index in [1.807, 2.05) is 6.92 Å². The molecule has 18 heavy (non-hydrogen) atoms. The fraction of sp³-hybridized carbons (Fsp3) is 0.500. The minimum Gasteiger partial charge on any atom is -0.271 e. The van der Waals surface area contributed by atoms with E-state index in [0.717, 1.165) is 18.9 Å². The van der Waals surface area contributed by atoms with E-state index in [9.17, 15) is 17.6 Å². The van der Waals surface area contributed by atoms with Crippen LogP contribution in [0.3, 0.4) is 0 Å². The van der Waals surface area contributed by atoms with Gasteiger partial charge in [-0.3, -0.25) is 11.3 Å². The van der Waals surface area contributed by atoms with E-state index in [2.05, 4.69) is 5.43 Å². The zero-order chi connectivity index (χ0) is 13.8. The predicted octanol–water partition coefficient (Wildman–Crippen LogP) is 3.54. The van der Waals surface area contributed by atoms with Gasteiger partial charge in [-0.2, -0.15) is 13.2 Å². The van der Waals surface area contributed by atoms with Gasteiger partial charge >= 0.3 is 6.18 Å². The largest absolute Gasteiger partial charge is 0.419 e. The maximum atomic E-state index is 13.8. The van der Waals surface area contributed by atoms with Gasteiger partial charge in [-0.1, -0.05) is 31.9 Å². The standard InChI is InChI=1S/C12H16F4N2/c1-2-3-7-10(18-17)8-5-4-6-9(11(8)13)12(14,15)16/h4-6,10,18H,2-3,7,17H2,1H3. The molecule has 1 atom stereocenters. The van der Waals surface area contributed by atoms with Gasteiger partial charge in [-0.15, -0.1) is 0 Å². The van der Waals surface area contributed by atoms with Gasteiger partial charge in [-0.05, 0) is 12.5 Å². The van der Waals surface area contributed by atoms with E-state index < -0.39 is 23.6 Å². The molecule has 1 rings (SSSR count). The second-order valence-corrected chi connectivity index (χ2v) is 4.07. The molecular weight excluding hydrogens is 248 g/mol. The molecule has 3 N–H and O–H groups in total. The van der Waals surface area contributed by atoms with Crippen molar-refractivity contribution >= 4 is 0 Å². The SMILES string of the molecule is CCCCC(NN)c1cccc(C(F)(F)F)c1F. The molecule has 0 amide bonds. The number of alkyl halides is 3. The Morgan fingerprint density at radius 2 is 2.00 bits per heavy atom. The first-order valence-corrected chi connectivity index (χ1v) is 5.73. The van der Waals surface area contributed by atoms with Crippen LogP contribution in [0.25, 0.3) is 0 Å². The Bertz CT molecular complexity index is 390. The van der Waals surface area contributed by atoms with E-state index in [-0.39, 0.29) is 5.56 Å². The predicted molar refractivity (Wildman–Crippen MR) is 61.0 cm³/mol. The van der Waals surface area contributed by atoms with Gasteiger partial charge in [0.05, 0.1) is 5.56 Å². The topological polar surface area (TPSA) is 38.0 Å². The third-order valence-corrected chi connectivity index (χ3v) is 2.76. The molecule has 1 aromatic rings. The molecule has 0 heterocycles. The summed E-state index contributed by atoms with van der Waals surface area (Å²) in [6, 6.07) is 2.64. The lowest BCUT2D eigenvalue weighted by molar-refractivity contribution is -0.140. The van der Waals surface area contributed by atoms with Gasteiger partial charge in [0.1, 0.15) is 5.82 Å². The maximum Gasteiger partial charge on any atom is 0.419 e. The van der Waals surface area contributed by atoms with Gasteiger partial charge in [0.2, 0.25) is 0 Å². The lowest BCUT2D eigenvalue weighted by Crippen LogP contribution is -2.29. The first-order chi connectivity index (χ1) is 8.41. The average Bonchev–Trinajstić information content (AvgIpc) is 2.30. The number of rotatable bonds is 5. The second-order valence-electron chi connectivity index (χ2n) is 4.07. The number of unbranched alkanes of at least 4 members (excludes halogenated alkanes) is 1. The number of hydrogen-bond donors (Lipinski definition) is 2. The van der Waals surface area contributed by atoms with E-state index in [0.29, 0.717) is 6.42 Å². The lowest BCUT2D eigenvalue weighted by Gasteiger charge is -2.19. The number of benzene rings is 1. The highest BCUT2D eigenvalue weighted by atomic mass is 19.4. The Morgan fingerprint density at radius 1 is 1.33 bits per heavy atom. The smallest absolute Gasteiger partial charge is 0.271 e. The average molecular weight is 264 g/mol. The summed E-state index contributed by atoms with van der Waals surface area (Å²) in [6.45, 7) is 1.94. The molecule has 0 radical (unpaired) electrons. The Morgan fingerprint density at radius 3 is 2.50 bits per heavy atom. The quantitative estimate of drug-likeness (QED) is 0.485. The number of halogens is 4. The van der Waals surface area contributed by atoms with Gasteiger partial charge in [-0.25, -0.2) is 4.39 Å². The van der Waals surface area contributed by atoms with Crippen LogP contribution in [0.2, 0.25) is 0 Å². The summed E-state index contributed by atoms with van der Waals surface area (Å²) >= 11 is 0. The third kappa shape index (κ3) is 3.43. The minimum absolute atomic E-state index is 0.0409. The van der Waals surface area contributed by atoms with Crippen molar-refractivity contribution in [3.8, 4) is 0 Å². The molecule has 0 aliphatic carbocycles. The summed E-state index contributed by atoms with van der Waals surface area (Å²) in [5, 5.41) is 0. The molecule has 1 unspecified atom stereocenters. The molecule has 0 aliphatic rings. The molecule has 6 heteroatoms. The number of hydrogen-bond acceptors (Lipinski definition) is 2. The molecule has 0 spiro atoms. The summed E-state index contributed by atoms with van der Waals surface area (Å²) in [5.74, 6) is 4.03. The van der Waals surface area contributed by atoms with Crippen molar-refractivity contribution in [2.75, 3.05) is 0 Å². The summed E-state index contributed by atoms with van der Waals surface area (Å²) < 4.78 is 51.5. The van der Waals surface area contributed by atoms with E-state index in [1.165, 1.54) is 12.1 Å². The number of hydrazine groups is 1. The summed E-state index contributed by atoms with van der Waals surface area (Å²) in [6.07, 6.45) is -2.58. The van der Waals surface area contributed by atoms with Crippen molar-refractivity contribution in [1.82, 2.24) is 5.43 Å². The van der Waals surface area contributed by atoms with Crippen LogP contribution in [0.5, 0.6) is 0 Å². The fourth-order valence-corrected chi connectivity index (χ4v) is 1.77. The van der Waals surface area contributed by atoms with Crippen LogP contribution < -0.4 is 11.3 Å². The maximum absolute atomic E-state index is 13.8. The highest BCUT2D eigenvalue weighted by Gasteiger charge is 2.35. The lowest BCUT2D eigenvalue weighted by atomic mass is 9.98. The fourth-order valence-electron chi connectivity index (χ4n) is 1.77. The zero-order valence-electron chi connectivity index (χ0n) is 10.0. The summed E-state index contributed by atoms with van der Waals surface area (Å²) in [5.41, 5.74) is 1.07. The Hall–Kier alpha value is -1.14. The molecule has 2 nitrogen and oxygen atoms in total. The van der Waals surface area contributed by atoms with Crippen LogP contribution in [0, 0.1) is 5.82 Å². The molecule has 0 fully saturated rings. The van der Waals surface area contributed by atoms with Crippen molar-refractivity contribution in [3.05, 3.63) is 35.1 Å². The second kappa shape index (κ2) is 6.15. The summed E-state index contributed by atoms with van der Waals surface area (Å²) in [4.78, 5) is 0. The molecule has 1 aromatic carbocycles. The first-order valence-electron chi connectivity index (χ1n) is 5.73. The van der Waals surface area contributed by atoms with Crippen molar-refractivity contribution in [2.45, 2.75) is 38.4 Å². The number of nitrogens with one attached hydrogen (secondary N) is 1. The minimum atomic E-state index is -4.69. The van der Waals surface area contributed by atoms with E-state index in [4.69, 9.17) is 5.84 Å². The zero-order valence-corrected chi connectivity index (χ0v) is 10.0. The monoisotopic (exact) mass is 264 g/mol. The highest BCUT2D eigenvalue weighted by Crippen LogP contribution is 2.34. The van der Waals surface area contributed by atoms with Gasteiger partial charge < -0.3 is 0 Å². The molecule has 0 aliphatic heterocycles. The Balaban J connectivity index is 3.08. The van der Waals surface area contributed by atoms with Crippen LogP contribution in [-0.4, -0.2) is 0 Å².